The van der Waals surface area contributed by atoms with Crippen molar-refractivity contribution in [2.24, 2.45) is 5.92 Å². The Morgan fingerprint density at radius 2 is 2.00 bits per heavy atom. The summed E-state index contributed by atoms with van der Waals surface area (Å²) in [6.45, 7) is 0.329. The van der Waals surface area contributed by atoms with E-state index in [-0.39, 0.29) is 28.2 Å². The van der Waals surface area contributed by atoms with Crippen molar-refractivity contribution in [2.75, 3.05) is 6.61 Å². The molecule has 0 saturated heterocycles. The van der Waals surface area contributed by atoms with Crippen LogP contribution in [0.2, 0.25) is 0 Å². The number of aromatic nitrogens is 4. The highest BCUT2D eigenvalue weighted by Gasteiger charge is 2.38. The fourth-order valence-corrected chi connectivity index (χ4v) is 3.36. The molecule has 11 heteroatoms. The molecule has 1 aliphatic carbocycles. The number of fused-ring (bicyclic) bond motifs is 3. The zero-order chi connectivity index (χ0) is 19.2. The smallest absolute Gasteiger partial charge is 0.452 e. The van der Waals surface area contributed by atoms with E-state index in [1.165, 1.54) is 12.1 Å². The average Bonchev–Trinajstić information content (AvgIpc) is 3.28. The van der Waals surface area contributed by atoms with Crippen molar-refractivity contribution in [3.8, 4) is 5.88 Å². The van der Waals surface area contributed by atoms with Gasteiger partial charge in [0, 0.05) is 12.1 Å². The van der Waals surface area contributed by atoms with Gasteiger partial charge in [0.25, 0.3) is 11.6 Å². The van der Waals surface area contributed by atoms with Gasteiger partial charge in [0.05, 0.1) is 22.6 Å². The molecule has 2 heterocycles. The monoisotopic (exact) mass is 381 g/mol. The van der Waals surface area contributed by atoms with Gasteiger partial charge >= 0.3 is 6.18 Å². The molecular formula is C16H14F3N5O3. The van der Waals surface area contributed by atoms with E-state index in [9.17, 15) is 23.3 Å². The summed E-state index contributed by atoms with van der Waals surface area (Å²) in [5.74, 6) is -1.02. The second kappa shape index (κ2) is 6.32. The first-order chi connectivity index (χ1) is 12.8. The zero-order valence-corrected chi connectivity index (χ0v) is 13.9. The number of benzene rings is 1. The van der Waals surface area contributed by atoms with E-state index in [1.807, 2.05) is 0 Å². The molecule has 0 unspecified atom stereocenters. The standard InChI is InChI=1S/C16H14F3N5O3/c17-16(18,19)15-22-21-13-14(27-8-9-3-1-2-4-9)20-11-6-5-10(24(25)26)7-12(11)23(13)15/h5-7,9H,1-4,8H2. The van der Waals surface area contributed by atoms with Crippen LogP contribution in [0, 0.1) is 16.0 Å². The molecule has 0 bridgehead atoms. The first kappa shape index (κ1) is 17.4. The van der Waals surface area contributed by atoms with Crippen LogP contribution in [0.4, 0.5) is 18.9 Å². The van der Waals surface area contributed by atoms with Crippen LogP contribution in [-0.4, -0.2) is 31.1 Å². The van der Waals surface area contributed by atoms with E-state index < -0.39 is 16.9 Å². The molecule has 0 spiro atoms. The number of non-ortho nitro benzene ring substituents is 1. The molecule has 2 aromatic heterocycles. The quantitative estimate of drug-likeness (QED) is 0.504. The summed E-state index contributed by atoms with van der Waals surface area (Å²) in [6, 6.07) is 3.49. The molecule has 1 aliphatic rings. The number of nitro benzene ring substituents is 1. The van der Waals surface area contributed by atoms with Crippen LogP contribution in [0.15, 0.2) is 18.2 Å². The number of hydrogen-bond acceptors (Lipinski definition) is 6. The molecule has 0 amide bonds. The SMILES string of the molecule is O=[N+]([O-])c1ccc2nc(OCC3CCCC3)c3nnc(C(F)(F)F)n3c2c1. The normalized spacial score (nSPS) is 15.7. The molecule has 27 heavy (non-hydrogen) atoms. The largest absolute Gasteiger partial charge is 0.475 e. The highest BCUT2D eigenvalue weighted by atomic mass is 19.4. The van der Waals surface area contributed by atoms with Crippen molar-refractivity contribution in [1.29, 1.82) is 0 Å². The lowest BCUT2D eigenvalue weighted by atomic mass is 10.1. The Hall–Kier alpha value is -2.98. The third-order valence-corrected chi connectivity index (χ3v) is 4.67. The van der Waals surface area contributed by atoms with Crippen molar-refractivity contribution in [3.63, 3.8) is 0 Å². The van der Waals surface area contributed by atoms with Crippen LogP contribution in [0.5, 0.6) is 5.88 Å². The maximum atomic E-state index is 13.4. The van der Waals surface area contributed by atoms with Gasteiger partial charge in [0.15, 0.2) is 0 Å². The number of ether oxygens (including phenoxy) is 1. The van der Waals surface area contributed by atoms with E-state index in [1.54, 1.807) is 0 Å². The summed E-state index contributed by atoms with van der Waals surface area (Å²) in [5, 5.41) is 17.8. The van der Waals surface area contributed by atoms with Crippen molar-refractivity contribution < 1.29 is 22.8 Å². The Labute approximate surface area is 150 Å². The summed E-state index contributed by atoms with van der Waals surface area (Å²) >= 11 is 0. The average molecular weight is 381 g/mol. The van der Waals surface area contributed by atoms with Gasteiger partial charge in [-0.05, 0) is 24.8 Å². The predicted molar refractivity (Wildman–Crippen MR) is 87.4 cm³/mol. The molecule has 0 atom stereocenters. The fraction of sp³-hybridized carbons (Fsp3) is 0.438. The number of nitro groups is 1. The number of halogens is 3. The van der Waals surface area contributed by atoms with Gasteiger partial charge in [-0.25, -0.2) is 4.98 Å². The Morgan fingerprint density at radius 3 is 2.67 bits per heavy atom. The van der Waals surface area contributed by atoms with Crippen LogP contribution < -0.4 is 4.74 Å². The van der Waals surface area contributed by atoms with Crippen LogP contribution >= 0.6 is 0 Å². The number of nitrogens with zero attached hydrogens (tertiary/aromatic N) is 5. The van der Waals surface area contributed by atoms with E-state index in [2.05, 4.69) is 15.2 Å². The highest BCUT2D eigenvalue weighted by molar-refractivity contribution is 5.82. The van der Waals surface area contributed by atoms with Gasteiger partial charge in [0.2, 0.25) is 11.5 Å². The maximum Gasteiger partial charge on any atom is 0.452 e. The molecule has 0 N–H and O–H groups in total. The number of alkyl halides is 3. The van der Waals surface area contributed by atoms with Crippen molar-refractivity contribution >= 4 is 22.4 Å². The maximum absolute atomic E-state index is 13.4. The lowest BCUT2D eigenvalue weighted by Crippen LogP contribution is -2.13. The van der Waals surface area contributed by atoms with Gasteiger partial charge in [-0.1, -0.05) is 12.8 Å². The molecule has 1 fully saturated rings. The third-order valence-electron chi connectivity index (χ3n) is 4.67. The molecule has 4 rings (SSSR count). The molecule has 0 radical (unpaired) electrons. The van der Waals surface area contributed by atoms with Crippen LogP contribution in [0.25, 0.3) is 16.7 Å². The summed E-state index contributed by atoms with van der Waals surface area (Å²) < 4.78 is 46.5. The van der Waals surface area contributed by atoms with E-state index in [0.29, 0.717) is 12.5 Å². The highest BCUT2D eigenvalue weighted by Crippen LogP contribution is 2.34. The predicted octanol–water partition coefficient (Wildman–Crippen LogP) is 3.77. The third kappa shape index (κ3) is 3.13. The van der Waals surface area contributed by atoms with Gasteiger partial charge in [-0.15, -0.1) is 10.2 Å². The first-order valence-electron chi connectivity index (χ1n) is 8.38. The molecule has 1 saturated carbocycles. The molecule has 0 aliphatic heterocycles. The van der Waals surface area contributed by atoms with Gasteiger partial charge in [0.1, 0.15) is 0 Å². The Balaban J connectivity index is 1.89. The lowest BCUT2D eigenvalue weighted by molar-refractivity contribution is -0.384. The minimum absolute atomic E-state index is 0.0637. The number of hydrogen-bond donors (Lipinski definition) is 0. The molecular weight excluding hydrogens is 367 g/mol. The Kier molecular flexibility index (Phi) is 4.08. The van der Waals surface area contributed by atoms with Gasteiger partial charge < -0.3 is 4.74 Å². The zero-order valence-electron chi connectivity index (χ0n) is 13.9. The molecule has 1 aromatic carbocycles. The minimum Gasteiger partial charge on any atom is -0.475 e. The van der Waals surface area contributed by atoms with Crippen LogP contribution in [0.3, 0.4) is 0 Å². The van der Waals surface area contributed by atoms with E-state index in [0.717, 1.165) is 36.2 Å². The number of rotatable bonds is 4. The van der Waals surface area contributed by atoms with Crippen molar-refractivity contribution in [2.45, 2.75) is 31.9 Å². The van der Waals surface area contributed by atoms with Gasteiger partial charge in [-0.3, -0.25) is 14.5 Å². The summed E-state index contributed by atoms with van der Waals surface area (Å²) in [7, 11) is 0. The van der Waals surface area contributed by atoms with E-state index >= 15 is 0 Å². The van der Waals surface area contributed by atoms with Gasteiger partial charge in [-0.2, -0.15) is 13.2 Å². The second-order valence-corrected chi connectivity index (χ2v) is 6.49. The molecule has 142 valence electrons. The fourth-order valence-electron chi connectivity index (χ4n) is 3.36. The Morgan fingerprint density at radius 1 is 1.26 bits per heavy atom. The summed E-state index contributed by atoms with van der Waals surface area (Å²) in [6.07, 6.45) is -0.600. The molecule has 8 nitrogen and oxygen atoms in total. The van der Waals surface area contributed by atoms with E-state index in [4.69, 9.17) is 4.74 Å². The van der Waals surface area contributed by atoms with Crippen molar-refractivity contribution in [1.82, 2.24) is 19.6 Å². The van der Waals surface area contributed by atoms with Crippen molar-refractivity contribution in [3.05, 3.63) is 34.1 Å². The topological polar surface area (TPSA) is 95.5 Å². The second-order valence-electron chi connectivity index (χ2n) is 6.49. The summed E-state index contributed by atoms with van der Waals surface area (Å²) in [4.78, 5) is 14.6. The Bertz CT molecular complexity index is 1030. The van der Waals surface area contributed by atoms with Crippen LogP contribution in [-0.2, 0) is 6.18 Å². The first-order valence-corrected chi connectivity index (χ1v) is 8.38. The summed E-state index contributed by atoms with van der Waals surface area (Å²) in [5.41, 5.74) is -0.551. The molecule has 3 aromatic rings. The van der Waals surface area contributed by atoms with Crippen LogP contribution in [0.1, 0.15) is 31.5 Å². The lowest BCUT2D eigenvalue weighted by Gasteiger charge is -2.13. The minimum atomic E-state index is -4.79.